The highest BCUT2D eigenvalue weighted by molar-refractivity contribution is 7.92. The minimum Gasteiger partial charge on any atom is -0.492 e. The fourth-order valence-corrected chi connectivity index (χ4v) is 4.43. The van der Waals surface area contributed by atoms with Crippen molar-refractivity contribution in [3.05, 3.63) is 71.8 Å². The Balaban J connectivity index is 1.78. The van der Waals surface area contributed by atoms with Gasteiger partial charge in [-0.25, -0.2) is 8.42 Å². The largest absolute Gasteiger partial charge is 0.492 e. The zero-order chi connectivity index (χ0) is 24.1. The van der Waals surface area contributed by atoms with Crippen molar-refractivity contribution in [2.75, 3.05) is 45.2 Å². The summed E-state index contributed by atoms with van der Waals surface area (Å²) in [4.78, 5) is 0. The molecule has 9 heteroatoms. The smallest absolute Gasteiger partial charge is 0.229 e. The first-order valence-electron chi connectivity index (χ1n) is 10.7. The Kier molecular flexibility index (Phi) is 7.26. The van der Waals surface area contributed by atoms with E-state index < -0.39 is 16.1 Å². The summed E-state index contributed by atoms with van der Waals surface area (Å²) in [5.41, 5.74) is 3.78. The van der Waals surface area contributed by atoms with Gasteiger partial charge in [-0.05, 0) is 35.4 Å². The number of sulfonamides is 1. The molecular weight excluding hydrogens is 458 g/mol. The zero-order valence-electron chi connectivity index (χ0n) is 19.2. The van der Waals surface area contributed by atoms with Crippen LogP contribution in [0.2, 0.25) is 0 Å². The molecule has 1 unspecified atom stereocenters. The number of hydrogen-bond acceptors (Lipinski definition) is 7. The van der Waals surface area contributed by atoms with Gasteiger partial charge in [0, 0.05) is 18.4 Å². The SMILES string of the molecule is COCCOCOc1ccc2c(c1OC)-c1ccc(NS(C)(=O)=O)cc1C(c1ccccc1)O2. The topological polar surface area (TPSA) is 92.3 Å². The maximum Gasteiger partial charge on any atom is 0.229 e. The number of methoxy groups -OCH3 is 2. The number of hydrogen-bond donors (Lipinski definition) is 1. The molecule has 1 aliphatic heterocycles. The van der Waals surface area contributed by atoms with Crippen LogP contribution in [-0.4, -0.2) is 48.9 Å². The summed E-state index contributed by atoms with van der Waals surface area (Å²) in [6.45, 7) is 0.914. The van der Waals surface area contributed by atoms with E-state index >= 15 is 0 Å². The quantitative estimate of drug-likeness (QED) is 0.340. The van der Waals surface area contributed by atoms with Gasteiger partial charge in [-0.2, -0.15) is 0 Å². The van der Waals surface area contributed by atoms with Gasteiger partial charge in [0.05, 0.1) is 32.1 Å². The van der Waals surface area contributed by atoms with Gasteiger partial charge in [0.1, 0.15) is 11.9 Å². The lowest BCUT2D eigenvalue weighted by atomic mass is 9.88. The lowest BCUT2D eigenvalue weighted by molar-refractivity contribution is -0.00945. The van der Waals surface area contributed by atoms with Crippen LogP contribution in [0.5, 0.6) is 17.2 Å². The molecule has 1 aliphatic rings. The minimum atomic E-state index is -3.44. The molecule has 0 saturated carbocycles. The van der Waals surface area contributed by atoms with E-state index in [0.29, 0.717) is 36.1 Å². The van der Waals surface area contributed by atoms with Crippen LogP contribution in [0.25, 0.3) is 11.1 Å². The van der Waals surface area contributed by atoms with Crippen molar-refractivity contribution in [3.8, 4) is 28.4 Å². The molecule has 4 rings (SSSR count). The van der Waals surface area contributed by atoms with Crippen molar-refractivity contribution in [2.24, 2.45) is 0 Å². The van der Waals surface area contributed by atoms with Gasteiger partial charge in [0.25, 0.3) is 0 Å². The monoisotopic (exact) mass is 485 g/mol. The van der Waals surface area contributed by atoms with Crippen molar-refractivity contribution in [1.29, 1.82) is 0 Å². The Bertz CT molecular complexity index is 1250. The normalized spacial score (nSPS) is 14.5. The van der Waals surface area contributed by atoms with Gasteiger partial charge < -0.3 is 23.7 Å². The maximum atomic E-state index is 11.8. The second kappa shape index (κ2) is 10.3. The lowest BCUT2D eigenvalue weighted by Gasteiger charge is -2.31. The second-order valence-corrected chi connectivity index (χ2v) is 9.47. The molecule has 1 N–H and O–H groups in total. The molecule has 34 heavy (non-hydrogen) atoms. The molecule has 0 radical (unpaired) electrons. The molecular formula is C25H27NO7S. The summed E-state index contributed by atoms with van der Waals surface area (Å²) in [6.07, 6.45) is 0.688. The van der Waals surface area contributed by atoms with Gasteiger partial charge >= 0.3 is 0 Å². The van der Waals surface area contributed by atoms with Crippen LogP contribution in [-0.2, 0) is 19.5 Å². The summed E-state index contributed by atoms with van der Waals surface area (Å²) in [7, 11) is -0.270. The molecule has 0 saturated heterocycles. The van der Waals surface area contributed by atoms with Crippen molar-refractivity contribution < 1.29 is 32.1 Å². The molecule has 0 spiro atoms. The zero-order valence-corrected chi connectivity index (χ0v) is 20.1. The van der Waals surface area contributed by atoms with E-state index in [0.717, 1.165) is 28.5 Å². The van der Waals surface area contributed by atoms with Crippen LogP contribution in [0, 0.1) is 0 Å². The third-order valence-electron chi connectivity index (χ3n) is 5.27. The number of nitrogens with one attached hydrogen (secondary N) is 1. The highest BCUT2D eigenvalue weighted by atomic mass is 32.2. The first kappa shape index (κ1) is 23.9. The molecule has 3 aromatic carbocycles. The fourth-order valence-electron chi connectivity index (χ4n) is 3.87. The number of ether oxygens (including phenoxy) is 5. The van der Waals surface area contributed by atoms with E-state index in [1.165, 1.54) is 0 Å². The molecule has 0 bridgehead atoms. The molecule has 1 atom stereocenters. The molecule has 0 aliphatic carbocycles. The molecule has 1 heterocycles. The average molecular weight is 486 g/mol. The molecule has 3 aromatic rings. The van der Waals surface area contributed by atoms with Gasteiger partial charge in [0.2, 0.25) is 10.0 Å². The second-order valence-electron chi connectivity index (χ2n) is 7.72. The predicted octanol–water partition coefficient (Wildman–Crippen LogP) is 4.21. The highest BCUT2D eigenvalue weighted by Crippen LogP contribution is 2.52. The molecule has 0 aromatic heterocycles. The van der Waals surface area contributed by atoms with E-state index in [1.54, 1.807) is 32.4 Å². The minimum absolute atomic E-state index is 0.0378. The summed E-state index contributed by atoms with van der Waals surface area (Å²) in [5.74, 6) is 1.64. The van der Waals surface area contributed by atoms with Gasteiger partial charge in [0.15, 0.2) is 18.3 Å². The van der Waals surface area contributed by atoms with Crippen molar-refractivity contribution in [3.63, 3.8) is 0 Å². The maximum absolute atomic E-state index is 11.8. The van der Waals surface area contributed by atoms with Crippen LogP contribution in [0.15, 0.2) is 60.7 Å². The standard InChI is InChI=1S/C25H27NO7S/c1-29-13-14-31-16-32-22-12-11-21-23(25(22)30-2)19-10-9-18(26-34(3,27)28)15-20(19)24(33-21)17-7-5-4-6-8-17/h4-12,15,24,26H,13-14,16H2,1-3H3. The Hall–Kier alpha value is -3.27. The van der Waals surface area contributed by atoms with Crippen LogP contribution in [0.3, 0.4) is 0 Å². The van der Waals surface area contributed by atoms with Crippen molar-refractivity contribution in [2.45, 2.75) is 6.10 Å². The predicted molar refractivity (Wildman–Crippen MR) is 129 cm³/mol. The van der Waals surface area contributed by atoms with E-state index in [2.05, 4.69) is 4.72 Å². The first-order chi connectivity index (χ1) is 16.4. The number of fused-ring (bicyclic) bond motifs is 3. The van der Waals surface area contributed by atoms with Crippen LogP contribution < -0.4 is 18.9 Å². The lowest BCUT2D eigenvalue weighted by Crippen LogP contribution is -2.17. The average Bonchev–Trinajstić information content (AvgIpc) is 2.82. The van der Waals surface area contributed by atoms with Gasteiger partial charge in [-0.3, -0.25) is 4.72 Å². The third-order valence-corrected chi connectivity index (χ3v) is 5.88. The van der Waals surface area contributed by atoms with E-state index in [9.17, 15) is 8.42 Å². The summed E-state index contributed by atoms with van der Waals surface area (Å²) >= 11 is 0. The van der Waals surface area contributed by atoms with Crippen molar-refractivity contribution >= 4 is 15.7 Å². The Morgan fingerprint density at radius 2 is 1.79 bits per heavy atom. The van der Waals surface area contributed by atoms with Gasteiger partial charge in [-0.15, -0.1) is 0 Å². The van der Waals surface area contributed by atoms with Crippen molar-refractivity contribution in [1.82, 2.24) is 0 Å². The number of rotatable bonds is 10. The van der Waals surface area contributed by atoms with E-state index in [1.807, 2.05) is 42.5 Å². The fraction of sp³-hybridized carbons (Fsp3) is 0.280. The molecule has 0 fully saturated rings. The number of anilines is 1. The summed E-state index contributed by atoms with van der Waals surface area (Å²) in [6, 6.07) is 18.8. The van der Waals surface area contributed by atoms with Crippen LogP contribution in [0.1, 0.15) is 17.2 Å². The van der Waals surface area contributed by atoms with E-state index in [-0.39, 0.29) is 6.79 Å². The highest BCUT2D eigenvalue weighted by Gasteiger charge is 2.31. The van der Waals surface area contributed by atoms with Crippen LogP contribution in [0.4, 0.5) is 5.69 Å². The Morgan fingerprint density at radius 3 is 2.50 bits per heavy atom. The van der Waals surface area contributed by atoms with Gasteiger partial charge in [-0.1, -0.05) is 36.4 Å². The van der Waals surface area contributed by atoms with E-state index in [4.69, 9.17) is 23.7 Å². The third kappa shape index (κ3) is 5.27. The number of benzene rings is 3. The molecule has 180 valence electrons. The van der Waals surface area contributed by atoms with Crippen LogP contribution >= 0.6 is 0 Å². The molecule has 8 nitrogen and oxygen atoms in total. The Labute approximate surface area is 199 Å². The Morgan fingerprint density at radius 1 is 1.00 bits per heavy atom. The summed E-state index contributed by atoms with van der Waals surface area (Å²) < 4.78 is 54.6. The first-order valence-corrected chi connectivity index (χ1v) is 12.5. The molecule has 0 amide bonds. The summed E-state index contributed by atoms with van der Waals surface area (Å²) in [5, 5.41) is 0.